The molecule has 3 aromatic carbocycles. The first-order valence-corrected chi connectivity index (χ1v) is 11.6. The van der Waals surface area contributed by atoms with E-state index < -0.39 is 5.91 Å². The van der Waals surface area contributed by atoms with E-state index in [0.717, 1.165) is 16.7 Å². The molecule has 1 N–H and O–H groups in total. The van der Waals surface area contributed by atoms with Crippen LogP contribution in [0.3, 0.4) is 0 Å². The third-order valence-corrected chi connectivity index (χ3v) is 5.30. The van der Waals surface area contributed by atoms with Gasteiger partial charge in [0.15, 0.2) is 11.5 Å². The molecule has 0 spiro atoms. The van der Waals surface area contributed by atoms with Gasteiger partial charge in [-0.1, -0.05) is 60.1 Å². The van der Waals surface area contributed by atoms with Crippen LogP contribution in [0, 0.1) is 11.3 Å². The number of carbonyl (C=O) groups is 1. The molecule has 0 aliphatic heterocycles. The summed E-state index contributed by atoms with van der Waals surface area (Å²) in [7, 11) is 0. The minimum Gasteiger partial charge on any atom is -0.490 e. The van der Waals surface area contributed by atoms with Gasteiger partial charge >= 0.3 is 0 Å². The number of ether oxygens (including phenoxy) is 2. The molecule has 3 rings (SSSR count). The van der Waals surface area contributed by atoms with Crippen molar-refractivity contribution in [3.05, 3.63) is 112 Å². The fourth-order valence-electron chi connectivity index (χ4n) is 3.47. The molecular formula is C29H27ClN2O3. The second-order valence-corrected chi connectivity index (χ2v) is 8.13. The third-order valence-electron chi connectivity index (χ3n) is 5.06. The van der Waals surface area contributed by atoms with Crippen LogP contribution in [-0.4, -0.2) is 12.5 Å². The molecule has 0 aliphatic carbocycles. The maximum atomic E-state index is 12.6. The van der Waals surface area contributed by atoms with E-state index in [4.69, 9.17) is 21.1 Å². The topological polar surface area (TPSA) is 71.4 Å². The first-order valence-electron chi connectivity index (χ1n) is 11.3. The number of carbonyl (C=O) groups excluding carboxylic acids is 1. The predicted molar refractivity (Wildman–Crippen MR) is 139 cm³/mol. The molecule has 0 aromatic heterocycles. The van der Waals surface area contributed by atoms with Gasteiger partial charge in [0.05, 0.1) is 6.61 Å². The van der Waals surface area contributed by atoms with E-state index in [1.165, 1.54) is 0 Å². The smallest absolute Gasteiger partial charge is 0.262 e. The number of nitriles is 1. The minimum absolute atomic E-state index is 0.000489. The number of hydrogen-bond acceptors (Lipinski definition) is 4. The second-order valence-electron chi connectivity index (χ2n) is 7.69. The van der Waals surface area contributed by atoms with Gasteiger partial charge in [-0.15, -0.1) is 6.58 Å². The van der Waals surface area contributed by atoms with Crippen LogP contribution < -0.4 is 14.8 Å². The van der Waals surface area contributed by atoms with E-state index in [0.29, 0.717) is 48.3 Å². The standard InChI is InChI=1S/C29H27ClN2O3/c1-3-9-24-14-23(15-25(18-31)29(33)32-19-21-10-6-5-7-11-21)17-27(34-4-2)28(24)35-20-22-12-8-13-26(30)16-22/h3,5-8,10-17H,1,4,9,19-20H2,2H3,(H,32,33)/b25-15+. The number of hydrogen-bond donors (Lipinski definition) is 1. The first-order chi connectivity index (χ1) is 17.0. The van der Waals surface area contributed by atoms with E-state index in [2.05, 4.69) is 11.9 Å². The summed E-state index contributed by atoms with van der Waals surface area (Å²) in [5.74, 6) is 0.680. The van der Waals surface area contributed by atoms with Gasteiger partial charge in [-0.2, -0.15) is 5.26 Å². The molecule has 0 radical (unpaired) electrons. The van der Waals surface area contributed by atoms with Gasteiger partial charge in [-0.25, -0.2) is 0 Å². The lowest BCUT2D eigenvalue weighted by Gasteiger charge is -2.17. The van der Waals surface area contributed by atoms with Gasteiger partial charge in [0.2, 0.25) is 0 Å². The number of nitrogens with zero attached hydrogens (tertiary/aromatic N) is 1. The Balaban J connectivity index is 1.87. The van der Waals surface area contributed by atoms with Crippen LogP contribution >= 0.6 is 11.6 Å². The highest BCUT2D eigenvalue weighted by atomic mass is 35.5. The highest BCUT2D eigenvalue weighted by Gasteiger charge is 2.15. The number of allylic oxidation sites excluding steroid dienone is 1. The quantitative estimate of drug-likeness (QED) is 0.197. The summed E-state index contributed by atoms with van der Waals surface area (Å²) in [6, 6.07) is 22.6. The molecule has 35 heavy (non-hydrogen) atoms. The highest BCUT2D eigenvalue weighted by molar-refractivity contribution is 6.30. The molecule has 1 amide bonds. The average Bonchev–Trinajstić information content (AvgIpc) is 2.86. The Bertz CT molecular complexity index is 1250. The summed E-state index contributed by atoms with van der Waals surface area (Å²) in [4.78, 5) is 12.6. The maximum Gasteiger partial charge on any atom is 0.262 e. The monoisotopic (exact) mass is 486 g/mol. The highest BCUT2D eigenvalue weighted by Crippen LogP contribution is 2.35. The van der Waals surface area contributed by atoms with Gasteiger partial charge < -0.3 is 14.8 Å². The van der Waals surface area contributed by atoms with Gasteiger partial charge in [-0.05, 0) is 60.4 Å². The third kappa shape index (κ3) is 7.49. The number of benzene rings is 3. The van der Waals surface area contributed by atoms with Crippen LogP contribution in [0.1, 0.15) is 29.2 Å². The molecule has 0 atom stereocenters. The van der Waals surface area contributed by atoms with Crippen LogP contribution in [0.5, 0.6) is 11.5 Å². The van der Waals surface area contributed by atoms with Crippen LogP contribution in [0.25, 0.3) is 6.08 Å². The van der Waals surface area contributed by atoms with Crippen molar-refractivity contribution >= 4 is 23.6 Å². The zero-order valence-corrected chi connectivity index (χ0v) is 20.3. The first kappa shape index (κ1) is 25.6. The number of rotatable bonds is 11. The van der Waals surface area contributed by atoms with Crippen LogP contribution in [0.2, 0.25) is 5.02 Å². The SMILES string of the molecule is C=CCc1cc(/C=C(\C#N)C(=O)NCc2ccccc2)cc(OCC)c1OCc1cccc(Cl)c1. The molecule has 0 saturated heterocycles. The van der Waals surface area contributed by atoms with Gasteiger partial charge in [0.25, 0.3) is 5.91 Å². The molecule has 5 nitrogen and oxygen atoms in total. The van der Waals surface area contributed by atoms with Crippen molar-refractivity contribution in [2.24, 2.45) is 0 Å². The van der Waals surface area contributed by atoms with E-state index >= 15 is 0 Å². The molecule has 3 aromatic rings. The minimum atomic E-state index is -0.444. The van der Waals surface area contributed by atoms with Gasteiger partial charge in [0.1, 0.15) is 18.2 Å². The Morgan fingerprint density at radius 1 is 1.09 bits per heavy atom. The molecule has 0 bridgehead atoms. The van der Waals surface area contributed by atoms with Gasteiger partial charge in [0, 0.05) is 17.1 Å². The van der Waals surface area contributed by atoms with Crippen LogP contribution in [0.15, 0.2) is 85.0 Å². The van der Waals surface area contributed by atoms with Crippen molar-refractivity contribution in [3.8, 4) is 17.6 Å². The molecule has 6 heteroatoms. The summed E-state index contributed by atoms with van der Waals surface area (Å²) in [5, 5.41) is 13.1. The lowest BCUT2D eigenvalue weighted by molar-refractivity contribution is -0.117. The number of amides is 1. The Kier molecular flexibility index (Phi) is 9.53. The fraction of sp³-hybridized carbons (Fsp3) is 0.172. The molecule has 0 saturated carbocycles. The van der Waals surface area contributed by atoms with Crippen molar-refractivity contribution in [3.63, 3.8) is 0 Å². The van der Waals surface area contributed by atoms with Crippen molar-refractivity contribution in [1.82, 2.24) is 5.32 Å². The lowest BCUT2D eigenvalue weighted by atomic mass is 10.0. The van der Waals surface area contributed by atoms with E-state index in [1.54, 1.807) is 18.2 Å². The van der Waals surface area contributed by atoms with E-state index in [9.17, 15) is 10.1 Å². The summed E-state index contributed by atoms with van der Waals surface area (Å²) in [6.45, 7) is 6.80. The molecule has 178 valence electrons. The average molecular weight is 487 g/mol. The molecular weight excluding hydrogens is 460 g/mol. The second kappa shape index (κ2) is 13.0. The normalized spacial score (nSPS) is 10.8. The molecule has 0 unspecified atom stereocenters. The van der Waals surface area contributed by atoms with Gasteiger partial charge in [-0.3, -0.25) is 4.79 Å². The van der Waals surface area contributed by atoms with Crippen molar-refractivity contribution in [2.75, 3.05) is 6.61 Å². The summed E-state index contributed by atoms with van der Waals surface area (Å²) in [6.07, 6.45) is 3.84. The number of nitrogens with one attached hydrogen (secondary N) is 1. The molecule has 0 aliphatic rings. The van der Waals surface area contributed by atoms with Crippen LogP contribution in [0.4, 0.5) is 0 Å². The zero-order chi connectivity index (χ0) is 25.0. The lowest BCUT2D eigenvalue weighted by Crippen LogP contribution is -2.23. The Hall–Kier alpha value is -4.01. The van der Waals surface area contributed by atoms with E-state index in [-0.39, 0.29) is 5.57 Å². The summed E-state index contributed by atoms with van der Waals surface area (Å²) in [5.41, 5.74) is 3.37. The summed E-state index contributed by atoms with van der Waals surface area (Å²) >= 11 is 6.10. The fourth-order valence-corrected chi connectivity index (χ4v) is 3.68. The Morgan fingerprint density at radius 3 is 2.54 bits per heavy atom. The van der Waals surface area contributed by atoms with E-state index in [1.807, 2.05) is 73.7 Å². The van der Waals surface area contributed by atoms with Crippen molar-refractivity contribution in [2.45, 2.75) is 26.5 Å². The van der Waals surface area contributed by atoms with Crippen molar-refractivity contribution in [1.29, 1.82) is 5.26 Å². The Labute approximate surface area is 211 Å². The molecule has 0 heterocycles. The van der Waals surface area contributed by atoms with Crippen molar-refractivity contribution < 1.29 is 14.3 Å². The largest absolute Gasteiger partial charge is 0.490 e. The summed E-state index contributed by atoms with van der Waals surface area (Å²) < 4.78 is 12.0. The maximum absolute atomic E-state index is 12.6. The zero-order valence-electron chi connectivity index (χ0n) is 19.6. The molecule has 0 fully saturated rings. The van der Waals surface area contributed by atoms with Crippen LogP contribution in [-0.2, 0) is 24.4 Å². The predicted octanol–water partition coefficient (Wildman–Crippen LogP) is 6.27. The number of halogens is 1. The Morgan fingerprint density at radius 2 is 1.86 bits per heavy atom.